The van der Waals surface area contributed by atoms with E-state index in [1.54, 1.807) is 31.6 Å². The lowest BCUT2D eigenvalue weighted by molar-refractivity contribution is 0.214. The van der Waals surface area contributed by atoms with Crippen LogP contribution in [0.5, 0.6) is 5.75 Å². The summed E-state index contributed by atoms with van der Waals surface area (Å²) in [5, 5.41) is 10.2. The van der Waals surface area contributed by atoms with Gasteiger partial charge in [-0.2, -0.15) is 0 Å². The van der Waals surface area contributed by atoms with Crippen molar-refractivity contribution in [2.24, 2.45) is 0 Å². The Bertz CT molecular complexity index is 514. The minimum Gasteiger partial charge on any atom is -0.495 e. The van der Waals surface area contributed by atoms with E-state index in [1.807, 2.05) is 19.1 Å². The highest BCUT2D eigenvalue weighted by atomic mass is 16.5. The number of aliphatic hydroxyl groups excluding tert-OH is 1. The van der Waals surface area contributed by atoms with Crippen molar-refractivity contribution in [1.82, 2.24) is 9.97 Å². The number of aryl methyl sites for hydroxylation is 1. The highest BCUT2D eigenvalue weighted by Crippen LogP contribution is 2.22. The van der Waals surface area contributed by atoms with Crippen LogP contribution in [-0.2, 0) is 0 Å². The fraction of sp³-hybridized carbons (Fsp3) is 0.231. The van der Waals surface area contributed by atoms with Gasteiger partial charge in [-0.1, -0.05) is 6.07 Å². The van der Waals surface area contributed by atoms with Crippen molar-refractivity contribution < 1.29 is 9.84 Å². The van der Waals surface area contributed by atoms with E-state index in [1.165, 1.54) is 0 Å². The van der Waals surface area contributed by atoms with Gasteiger partial charge in [0.15, 0.2) is 0 Å². The third-order valence-corrected chi connectivity index (χ3v) is 2.48. The molecule has 0 amide bonds. The molecule has 0 aliphatic rings. The van der Waals surface area contributed by atoms with Crippen LogP contribution in [0.1, 0.15) is 23.1 Å². The topological polar surface area (TPSA) is 55.2 Å². The Labute approximate surface area is 99.9 Å². The van der Waals surface area contributed by atoms with Crippen LogP contribution in [-0.4, -0.2) is 22.2 Å². The van der Waals surface area contributed by atoms with Crippen LogP contribution >= 0.6 is 0 Å². The number of ether oxygens (including phenoxy) is 1. The third kappa shape index (κ3) is 2.60. The Morgan fingerprint density at radius 3 is 2.82 bits per heavy atom. The van der Waals surface area contributed by atoms with Crippen LogP contribution in [0.2, 0.25) is 0 Å². The maximum Gasteiger partial charge on any atom is 0.137 e. The molecule has 0 spiro atoms. The van der Waals surface area contributed by atoms with Crippen LogP contribution in [0.3, 0.4) is 0 Å². The fourth-order valence-corrected chi connectivity index (χ4v) is 1.58. The molecule has 0 aliphatic heterocycles. The lowest BCUT2D eigenvalue weighted by atomic mass is 10.1. The fourth-order valence-electron chi connectivity index (χ4n) is 1.58. The number of methoxy groups -OCH3 is 1. The second kappa shape index (κ2) is 4.93. The van der Waals surface area contributed by atoms with Crippen LogP contribution in [0.25, 0.3) is 0 Å². The monoisotopic (exact) mass is 230 g/mol. The molecule has 0 saturated heterocycles. The number of aliphatic hydroxyl groups is 1. The van der Waals surface area contributed by atoms with E-state index in [2.05, 4.69) is 9.97 Å². The summed E-state index contributed by atoms with van der Waals surface area (Å²) in [6.45, 7) is 1.89. The average molecular weight is 230 g/mol. The van der Waals surface area contributed by atoms with Crippen LogP contribution in [0, 0.1) is 6.92 Å². The van der Waals surface area contributed by atoms with Gasteiger partial charge in [-0.15, -0.1) is 0 Å². The minimum atomic E-state index is -0.780. The van der Waals surface area contributed by atoms with Gasteiger partial charge >= 0.3 is 0 Å². The molecule has 4 nitrogen and oxygen atoms in total. The molecule has 2 aromatic heterocycles. The number of nitrogens with zero attached hydrogens (tertiary/aromatic N) is 2. The zero-order valence-electron chi connectivity index (χ0n) is 9.79. The summed E-state index contributed by atoms with van der Waals surface area (Å²) >= 11 is 0. The van der Waals surface area contributed by atoms with Gasteiger partial charge in [0.1, 0.15) is 11.9 Å². The summed E-state index contributed by atoms with van der Waals surface area (Å²) in [5.74, 6) is 0.620. The molecule has 0 radical (unpaired) electrons. The predicted molar refractivity (Wildman–Crippen MR) is 63.8 cm³/mol. The predicted octanol–water partition coefficient (Wildman–Crippen LogP) is 1.88. The molecule has 0 aliphatic carbocycles. The van der Waals surface area contributed by atoms with Crippen molar-refractivity contribution in [2.45, 2.75) is 13.0 Å². The van der Waals surface area contributed by atoms with Gasteiger partial charge in [0.05, 0.1) is 19.0 Å². The third-order valence-electron chi connectivity index (χ3n) is 2.48. The van der Waals surface area contributed by atoms with Gasteiger partial charge in [-0.05, 0) is 25.1 Å². The smallest absolute Gasteiger partial charge is 0.137 e. The largest absolute Gasteiger partial charge is 0.495 e. The first-order valence-electron chi connectivity index (χ1n) is 5.31. The Hall–Kier alpha value is -1.94. The molecule has 88 valence electrons. The van der Waals surface area contributed by atoms with E-state index in [9.17, 15) is 5.11 Å². The number of pyridine rings is 2. The SMILES string of the molecule is COc1cncc(C(O)c2cccc(C)n2)c1. The quantitative estimate of drug-likeness (QED) is 0.874. The molecule has 1 N–H and O–H groups in total. The Balaban J connectivity index is 2.33. The summed E-state index contributed by atoms with van der Waals surface area (Å²) in [5.41, 5.74) is 2.15. The second-order valence-corrected chi connectivity index (χ2v) is 3.76. The lowest BCUT2D eigenvalue weighted by Crippen LogP contribution is -2.03. The van der Waals surface area contributed by atoms with E-state index >= 15 is 0 Å². The first-order chi connectivity index (χ1) is 8.20. The Morgan fingerprint density at radius 2 is 2.12 bits per heavy atom. The Morgan fingerprint density at radius 1 is 1.29 bits per heavy atom. The summed E-state index contributed by atoms with van der Waals surface area (Å²) in [6.07, 6.45) is 2.43. The maximum atomic E-state index is 10.2. The van der Waals surface area contributed by atoms with Gasteiger partial charge in [-0.25, -0.2) is 0 Å². The first kappa shape index (κ1) is 11.5. The van der Waals surface area contributed by atoms with E-state index in [4.69, 9.17) is 4.74 Å². The lowest BCUT2D eigenvalue weighted by Gasteiger charge is -2.11. The highest BCUT2D eigenvalue weighted by molar-refractivity contribution is 5.30. The van der Waals surface area contributed by atoms with Crippen molar-refractivity contribution >= 4 is 0 Å². The zero-order valence-corrected chi connectivity index (χ0v) is 9.79. The molecular weight excluding hydrogens is 216 g/mol. The standard InChI is InChI=1S/C13H14N2O2/c1-9-4-3-5-12(15-9)13(16)10-6-11(17-2)8-14-7-10/h3-8,13,16H,1-2H3. The number of aromatic nitrogens is 2. The zero-order chi connectivity index (χ0) is 12.3. The molecule has 0 saturated carbocycles. The van der Waals surface area contributed by atoms with Gasteiger partial charge < -0.3 is 9.84 Å². The van der Waals surface area contributed by atoms with E-state index in [-0.39, 0.29) is 0 Å². The van der Waals surface area contributed by atoms with E-state index < -0.39 is 6.10 Å². The molecule has 2 aromatic rings. The Kier molecular flexibility index (Phi) is 3.35. The van der Waals surface area contributed by atoms with Crippen LogP contribution in [0.15, 0.2) is 36.7 Å². The maximum absolute atomic E-state index is 10.2. The summed E-state index contributed by atoms with van der Waals surface area (Å²) in [4.78, 5) is 8.30. The highest BCUT2D eigenvalue weighted by Gasteiger charge is 2.13. The molecule has 0 aromatic carbocycles. The van der Waals surface area contributed by atoms with Gasteiger partial charge in [0, 0.05) is 17.5 Å². The summed E-state index contributed by atoms with van der Waals surface area (Å²) in [6, 6.07) is 7.30. The molecule has 1 atom stereocenters. The first-order valence-corrected chi connectivity index (χ1v) is 5.31. The van der Waals surface area contributed by atoms with Crippen molar-refractivity contribution in [1.29, 1.82) is 0 Å². The van der Waals surface area contributed by atoms with Crippen molar-refractivity contribution in [3.05, 3.63) is 53.6 Å². The molecule has 1 unspecified atom stereocenters. The van der Waals surface area contributed by atoms with E-state index in [0.717, 1.165) is 5.69 Å². The molecule has 17 heavy (non-hydrogen) atoms. The minimum absolute atomic E-state index is 0.611. The van der Waals surface area contributed by atoms with Crippen molar-refractivity contribution in [2.75, 3.05) is 7.11 Å². The van der Waals surface area contributed by atoms with Crippen molar-refractivity contribution in [3.8, 4) is 5.75 Å². The molecular formula is C13H14N2O2. The second-order valence-electron chi connectivity index (χ2n) is 3.76. The average Bonchev–Trinajstić information content (AvgIpc) is 2.38. The summed E-state index contributed by atoms with van der Waals surface area (Å²) in [7, 11) is 1.57. The van der Waals surface area contributed by atoms with Crippen LogP contribution < -0.4 is 4.74 Å². The molecule has 2 heterocycles. The van der Waals surface area contributed by atoms with Gasteiger partial charge in [-0.3, -0.25) is 9.97 Å². The van der Waals surface area contributed by atoms with Gasteiger partial charge in [0.2, 0.25) is 0 Å². The molecule has 2 rings (SSSR count). The summed E-state index contributed by atoms with van der Waals surface area (Å²) < 4.78 is 5.07. The molecule has 0 bridgehead atoms. The number of hydrogen-bond acceptors (Lipinski definition) is 4. The van der Waals surface area contributed by atoms with E-state index in [0.29, 0.717) is 17.0 Å². The normalized spacial score (nSPS) is 12.2. The molecule has 0 fully saturated rings. The number of rotatable bonds is 3. The van der Waals surface area contributed by atoms with Gasteiger partial charge in [0.25, 0.3) is 0 Å². The van der Waals surface area contributed by atoms with Crippen LogP contribution in [0.4, 0.5) is 0 Å². The van der Waals surface area contributed by atoms with Crippen molar-refractivity contribution in [3.63, 3.8) is 0 Å². The number of hydrogen-bond donors (Lipinski definition) is 1. The molecule has 4 heteroatoms.